The van der Waals surface area contributed by atoms with E-state index in [1.807, 2.05) is 48.7 Å². The summed E-state index contributed by atoms with van der Waals surface area (Å²) >= 11 is 1.42. The molecule has 3 heterocycles. The van der Waals surface area contributed by atoms with Gasteiger partial charge < -0.3 is 15.0 Å². The van der Waals surface area contributed by atoms with E-state index in [0.29, 0.717) is 17.1 Å². The number of hydrogen-bond acceptors (Lipinski definition) is 7. The third kappa shape index (κ3) is 4.63. The first-order valence-electron chi connectivity index (χ1n) is 11.2. The van der Waals surface area contributed by atoms with E-state index in [4.69, 9.17) is 4.74 Å². The fraction of sp³-hybridized carbons (Fsp3) is 0.375. The lowest BCUT2D eigenvalue weighted by molar-refractivity contribution is -0.154. The molecule has 0 unspecified atom stereocenters. The van der Waals surface area contributed by atoms with Crippen LogP contribution in [0.1, 0.15) is 43.2 Å². The van der Waals surface area contributed by atoms with Crippen LogP contribution in [0.5, 0.6) is 0 Å². The lowest BCUT2D eigenvalue weighted by Crippen LogP contribution is -2.49. The first-order valence-corrected chi connectivity index (χ1v) is 12.1. The van der Waals surface area contributed by atoms with Crippen LogP contribution in [0.15, 0.2) is 41.8 Å². The summed E-state index contributed by atoms with van der Waals surface area (Å²) in [6.45, 7) is 4.53. The van der Waals surface area contributed by atoms with E-state index in [2.05, 4.69) is 10.7 Å². The van der Waals surface area contributed by atoms with E-state index in [1.54, 1.807) is 18.7 Å². The Morgan fingerprint density at radius 3 is 2.51 bits per heavy atom. The molecule has 0 saturated carbocycles. The van der Waals surface area contributed by atoms with Crippen LogP contribution < -0.4 is 15.6 Å². The Hall–Kier alpha value is -3.73. The number of rotatable bonds is 7. The minimum Gasteiger partial charge on any atom is -0.455 e. The number of anilines is 1. The van der Waals surface area contributed by atoms with Crippen molar-refractivity contribution in [2.75, 3.05) is 11.5 Å². The molecule has 2 N–H and O–H groups in total. The lowest BCUT2D eigenvalue weighted by atomic mass is 9.99. The number of hydrazine groups is 1. The van der Waals surface area contributed by atoms with Gasteiger partial charge in [0.25, 0.3) is 11.8 Å². The van der Waals surface area contributed by atoms with Crippen LogP contribution in [0, 0.1) is 12.8 Å². The van der Waals surface area contributed by atoms with E-state index in [9.17, 15) is 24.0 Å². The molecule has 0 aliphatic carbocycles. The quantitative estimate of drug-likeness (QED) is 0.446. The van der Waals surface area contributed by atoms with Crippen molar-refractivity contribution >= 4 is 46.7 Å². The molecular weight excluding hydrogens is 472 g/mol. The average molecular weight is 499 g/mol. The second kappa shape index (κ2) is 9.49. The van der Waals surface area contributed by atoms with Crippen molar-refractivity contribution < 1.29 is 28.7 Å². The fourth-order valence-corrected chi connectivity index (χ4v) is 5.05. The molecule has 11 heteroatoms. The molecule has 2 aromatic rings. The van der Waals surface area contributed by atoms with Crippen LogP contribution in [-0.4, -0.2) is 46.9 Å². The van der Waals surface area contributed by atoms with E-state index < -0.39 is 47.9 Å². The number of thiophene rings is 1. The van der Waals surface area contributed by atoms with Crippen LogP contribution >= 0.6 is 11.3 Å². The van der Waals surface area contributed by atoms with E-state index in [1.165, 1.54) is 11.3 Å². The summed E-state index contributed by atoms with van der Waals surface area (Å²) in [5, 5.41) is 4.97. The van der Waals surface area contributed by atoms with E-state index in [0.717, 1.165) is 10.4 Å². The van der Waals surface area contributed by atoms with E-state index in [-0.39, 0.29) is 12.3 Å². The van der Waals surface area contributed by atoms with Crippen molar-refractivity contribution in [3.63, 3.8) is 0 Å². The second-order valence-electron chi connectivity index (χ2n) is 8.77. The van der Waals surface area contributed by atoms with Gasteiger partial charge in [-0.1, -0.05) is 30.7 Å². The molecule has 2 saturated heterocycles. The first kappa shape index (κ1) is 24.4. The summed E-state index contributed by atoms with van der Waals surface area (Å²) in [6.07, 6.45) is 0.273. The number of benzene rings is 1. The molecule has 1 aromatic heterocycles. The van der Waals surface area contributed by atoms with Crippen LogP contribution in [0.4, 0.5) is 10.5 Å². The van der Waals surface area contributed by atoms with Crippen molar-refractivity contribution in [3.8, 4) is 0 Å². The maximum Gasteiger partial charge on any atom is 0.344 e. The smallest absolute Gasteiger partial charge is 0.344 e. The molecule has 2 aliphatic heterocycles. The maximum atomic E-state index is 13.0. The van der Waals surface area contributed by atoms with E-state index >= 15 is 0 Å². The normalized spacial score (nSPS) is 24.0. The first-order chi connectivity index (χ1) is 16.6. The molecule has 3 atom stereocenters. The van der Waals surface area contributed by atoms with Crippen molar-refractivity contribution in [1.82, 2.24) is 15.8 Å². The minimum absolute atomic E-state index is 0.0707. The lowest BCUT2D eigenvalue weighted by Gasteiger charge is -2.27. The summed E-state index contributed by atoms with van der Waals surface area (Å²) in [5.74, 6) is -3.20. The maximum absolute atomic E-state index is 13.0. The Bertz CT molecular complexity index is 1170. The molecule has 1 aromatic carbocycles. The Labute approximate surface area is 206 Å². The van der Waals surface area contributed by atoms with Gasteiger partial charge in [-0.15, -0.1) is 11.3 Å². The standard InChI is InChI=1S/C24H26N4O6S/c1-4-24(3)22(32)28(23(33)25-24)26-18(29)13-34-21(31)16-12-19(30)27(15-9-7-14(2)8-10-15)20(16)17-6-5-11-35-17/h5-11,16,20H,4,12-13H2,1-3H3,(H,25,33)(H,26,29)/t16-,20+,24-/m0/s1. The predicted octanol–water partition coefficient (Wildman–Crippen LogP) is 2.45. The van der Waals surface area contributed by atoms with Gasteiger partial charge in [-0.25, -0.2) is 4.79 Å². The summed E-state index contributed by atoms with van der Waals surface area (Å²) in [7, 11) is 0. The molecule has 35 heavy (non-hydrogen) atoms. The molecule has 184 valence electrons. The number of carbonyl (C=O) groups excluding carboxylic acids is 5. The molecule has 5 amide bonds. The molecule has 0 radical (unpaired) electrons. The Kier molecular flexibility index (Phi) is 6.62. The fourth-order valence-electron chi connectivity index (χ4n) is 4.17. The van der Waals surface area contributed by atoms with Crippen molar-refractivity contribution in [1.29, 1.82) is 0 Å². The highest BCUT2D eigenvalue weighted by atomic mass is 32.1. The number of amides is 5. The van der Waals surface area contributed by atoms with Gasteiger partial charge in [-0.05, 0) is 43.8 Å². The van der Waals surface area contributed by atoms with Gasteiger partial charge in [-0.2, -0.15) is 5.01 Å². The Balaban J connectivity index is 1.45. The monoisotopic (exact) mass is 498 g/mol. The topological polar surface area (TPSA) is 125 Å². The number of nitrogens with zero attached hydrogens (tertiary/aromatic N) is 2. The van der Waals surface area contributed by atoms with Crippen LogP contribution in [0.25, 0.3) is 0 Å². The summed E-state index contributed by atoms with van der Waals surface area (Å²) in [6, 6.07) is 9.81. The van der Waals surface area contributed by atoms with Gasteiger partial charge in [0.2, 0.25) is 5.91 Å². The number of carbonyl (C=O) groups is 5. The number of urea groups is 1. The number of hydrogen-bond donors (Lipinski definition) is 2. The average Bonchev–Trinajstić information content (AvgIpc) is 3.53. The Morgan fingerprint density at radius 1 is 1.20 bits per heavy atom. The van der Waals surface area contributed by atoms with Gasteiger partial charge in [0.15, 0.2) is 6.61 Å². The number of imide groups is 1. The van der Waals surface area contributed by atoms with Crippen molar-refractivity contribution in [3.05, 3.63) is 52.2 Å². The largest absolute Gasteiger partial charge is 0.455 e. The molecule has 10 nitrogen and oxygen atoms in total. The molecule has 4 rings (SSSR count). The highest BCUT2D eigenvalue weighted by Gasteiger charge is 2.48. The van der Waals surface area contributed by atoms with Crippen molar-refractivity contribution in [2.24, 2.45) is 5.92 Å². The molecule has 0 spiro atoms. The number of aryl methyl sites for hydroxylation is 1. The number of nitrogens with one attached hydrogen (secondary N) is 2. The summed E-state index contributed by atoms with van der Waals surface area (Å²) in [4.78, 5) is 65.3. The Morgan fingerprint density at radius 2 is 1.91 bits per heavy atom. The zero-order valence-electron chi connectivity index (χ0n) is 19.6. The van der Waals surface area contributed by atoms with Gasteiger partial charge >= 0.3 is 12.0 Å². The third-order valence-electron chi connectivity index (χ3n) is 6.32. The van der Waals surface area contributed by atoms with Gasteiger partial charge in [0.05, 0.1) is 12.0 Å². The van der Waals surface area contributed by atoms with Crippen LogP contribution in [0.2, 0.25) is 0 Å². The number of ether oxygens (including phenoxy) is 1. The third-order valence-corrected chi connectivity index (χ3v) is 7.27. The highest BCUT2D eigenvalue weighted by molar-refractivity contribution is 7.10. The molecule has 2 aliphatic rings. The van der Waals surface area contributed by atoms with Gasteiger partial charge in [0.1, 0.15) is 5.54 Å². The molecule has 2 fully saturated rings. The van der Waals surface area contributed by atoms with Crippen molar-refractivity contribution in [2.45, 2.75) is 45.2 Å². The zero-order valence-corrected chi connectivity index (χ0v) is 20.4. The second-order valence-corrected chi connectivity index (χ2v) is 9.75. The predicted molar refractivity (Wildman–Crippen MR) is 127 cm³/mol. The molecule has 0 bridgehead atoms. The van der Waals surface area contributed by atoms with Gasteiger partial charge in [-0.3, -0.25) is 24.6 Å². The van der Waals surface area contributed by atoms with Crippen LogP contribution in [-0.2, 0) is 23.9 Å². The number of esters is 1. The zero-order chi connectivity index (χ0) is 25.3. The summed E-state index contributed by atoms with van der Waals surface area (Å²) in [5.41, 5.74) is 2.78. The minimum atomic E-state index is -1.11. The summed E-state index contributed by atoms with van der Waals surface area (Å²) < 4.78 is 5.23. The highest BCUT2D eigenvalue weighted by Crippen LogP contribution is 2.43. The van der Waals surface area contributed by atoms with Crippen LogP contribution in [0.3, 0.4) is 0 Å². The van der Waals surface area contributed by atoms with Gasteiger partial charge in [0, 0.05) is 17.0 Å². The molecular formula is C24H26N4O6S. The SMILES string of the molecule is CC[C@]1(C)NC(=O)N(NC(=O)COC(=O)[C@H]2CC(=O)N(c3ccc(C)cc3)[C@H]2c2cccs2)C1=O.